The summed E-state index contributed by atoms with van der Waals surface area (Å²) in [4.78, 5) is 0. The van der Waals surface area contributed by atoms with Crippen LogP contribution in [-0.2, 0) is 0 Å². The van der Waals surface area contributed by atoms with Gasteiger partial charge in [-0.2, -0.15) is 0 Å². The molecule has 0 aliphatic heterocycles. The van der Waals surface area contributed by atoms with Gasteiger partial charge in [-0.05, 0) is 80.3 Å². The van der Waals surface area contributed by atoms with Gasteiger partial charge in [0.2, 0.25) is 0 Å². The predicted molar refractivity (Wildman–Crippen MR) is 144 cm³/mol. The summed E-state index contributed by atoms with van der Waals surface area (Å²) in [5.74, 6) is 0. The minimum absolute atomic E-state index is 0.0744. The first-order chi connectivity index (χ1) is 15.6. The summed E-state index contributed by atoms with van der Waals surface area (Å²) in [5, 5.41) is 9.21. The van der Waals surface area contributed by atoms with E-state index < -0.39 is 0 Å². The normalized spacial score (nSPS) is 18.1. The second-order valence-electron chi connectivity index (χ2n) is 10.1. The van der Waals surface area contributed by atoms with E-state index in [1.165, 1.54) is 92.3 Å². The van der Waals surface area contributed by atoms with Crippen molar-refractivity contribution >= 4 is 24.6 Å². The predicted octanol–water partition coefficient (Wildman–Crippen LogP) is 7.91. The molecule has 32 heavy (non-hydrogen) atoms. The number of hydrogen-bond acceptors (Lipinski definition) is 2. The Balaban J connectivity index is 1.45. The van der Waals surface area contributed by atoms with Crippen LogP contribution in [0.2, 0.25) is 0 Å². The molecular formula is C29H43N2P. The maximum atomic E-state index is 3.85. The maximum absolute atomic E-state index is 3.85. The van der Waals surface area contributed by atoms with Crippen LogP contribution in [0.3, 0.4) is 0 Å². The monoisotopic (exact) mass is 450 g/mol. The summed E-state index contributed by atoms with van der Waals surface area (Å²) in [6, 6.07) is 13.9. The van der Waals surface area contributed by atoms with E-state index >= 15 is 0 Å². The van der Waals surface area contributed by atoms with E-state index in [4.69, 9.17) is 0 Å². The highest BCUT2D eigenvalue weighted by molar-refractivity contribution is 7.67. The Bertz CT molecular complexity index is 824. The fourth-order valence-corrected chi connectivity index (χ4v) is 10.0. The fourth-order valence-electron chi connectivity index (χ4n) is 6.10. The topological polar surface area (TPSA) is 24.1 Å². The Hall–Kier alpha value is -1.53. The zero-order valence-corrected chi connectivity index (χ0v) is 21.4. The molecule has 2 aliphatic rings. The van der Waals surface area contributed by atoms with Crippen LogP contribution >= 0.6 is 7.92 Å². The van der Waals surface area contributed by atoms with Crippen molar-refractivity contribution in [1.29, 1.82) is 0 Å². The SMILES string of the molecule is Cc1cc(C)c(NCCNc2ccccc2P(C2CCCCC2)C2CCCCC2)c(C)c1. The molecule has 2 nitrogen and oxygen atoms in total. The molecule has 174 valence electrons. The van der Waals surface area contributed by atoms with Gasteiger partial charge in [-0.25, -0.2) is 0 Å². The van der Waals surface area contributed by atoms with Gasteiger partial charge in [0.1, 0.15) is 0 Å². The number of benzene rings is 2. The summed E-state index contributed by atoms with van der Waals surface area (Å²) in [7, 11) is -0.0744. The Morgan fingerprint density at radius 3 is 1.84 bits per heavy atom. The Morgan fingerprint density at radius 1 is 0.719 bits per heavy atom. The van der Waals surface area contributed by atoms with Gasteiger partial charge in [0, 0.05) is 24.5 Å². The highest BCUT2D eigenvalue weighted by Gasteiger charge is 2.33. The molecule has 0 aromatic heterocycles. The molecule has 0 bridgehead atoms. The molecule has 3 heteroatoms. The van der Waals surface area contributed by atoms with Crippen molar-refractivity contribution in [3.05, 3.63) is 53.1 Å². The highest BCUT2D eigenvalue weighted by Crippen LogP contribution is 2.55. The van der Waals surface area contributed by atoms with Gasteiger partial charge < -0.3 is 10.6 Å². The number of nitrogens with one attached hydrogen (secondary N) is 2. The first-order valence-corrected chi connectivity index (χ1v) is 14.5. The number of rotatable bonds is 8. The largest absolute Gasteiger partial charge is 0.383 e. The molecule has 2 fully saturated rings. The van der Waals surface area contributed by atoms with Crippen LogP contribution in [0.5, 0.6) is 0 Å². The van der Waals surface area contributed by atoms with Crippen molar-refractivity contribution in [2.75, 3.05) is 23.7 Å². The standard InChI is InChI=1S/C29H43N2P/c1-22-20-23(2)29(24(3)21-22)31-19-18-30-27-16-10-11-17-28(27)32(25-12-6-4-7-13-25)26-14-8-5-9-15-26/h10-11,16-17,20-21,25-26,30-31H,4-9,12-15,18-19H2,1-3H3. The lowest BCUT2D eigenvalue weighted by Gasteiger charge is -2.39. The molecule has 2 saturated carbocycles. The van der Waals surface area contributed by atoms with Gasteiger partial charge in [0.05, 0.1) is 0 Å². The van der Waals surface area contributed by atoms with E-state index in [2.05, 4.69) is 67.8 Å². The summed E-state index contributed by atoms with van der Waals surface area (Å²) >= 11 is 0. The van der Waals surface area contributed by atoms with Gasteiger partial charge in [0.15, 0.2) is 0 Å². The molecule has 2 aliphatic carbocycles. The van der Waals surface area contributed by atoms with Crippen LogP contribution in [0.4, 0.5) is 11.4 Å². The van der Waals surface area contributed by atoms with E-state index in [-0.39, 0.29) is 7.92 Å². The van der Waals surface area contributed by atoms with Gasteiger partial charge in [-0.1, -0.05) is 82.3 Å². The molecule has 0 atom stereocenters. The lowest BCUT2D eigenvalue weighted by molar-refractivity contribution is 0.487. The van der Waals surface area contributed by atoms with Crippen molar-refractivity contribution in [1.82, 2.24) is 0 Å². The van der Waals surface area contributed by atoms with Crippen molar-refractivity contribution in [2.45, 2.75) is 96.3 Å². The van der Waals surface area contributed by atoms with Crippen molar-refractivity contribution < 1.29 is 0 Å². The van der Waals surface area contributed by atoms with Crippen molar-refractivity contribution in [2.24, 2.45) is 0 Å². The van der Waals surface area contributed by atoms with Gasteiger partial charge in [0.25, 0.3) is 0 Å². The summed E-state index contributed by atoms with van der Waals surface area (Å²) in [5.41, 5.74) is 8.64. The third-order valence-corrected chi connectivity index (χ3v) is 11.1. The second-order valence-corrected chi connectivity index (χ2v) is 12.9. The minimum Gasteiger partial charge on any atom is -0.383 e. The van der Waals surface area contributed by atoms with Gasteiger partial charge in [-0.15, -0.1) is 0 Å². The molecule has 4 rings (SSSR count). The van der Waals surface area contributed by atoms with Crippen LogP contribution < -0.4 is 15.9 Å². The average molecular weight is 451 g/mol. The van der Waals surface area contributed by atoms with Gasteiger partial charge >= 0.3 is 0 Å². The van der Waals surface area contributed by atoms with Crippen molar-refractivity contribution in [3.63, 3.8) is 0 Å². The Morgan fingerprint density at radius 2 is 1.25 bits per heavy atom. The minimum atomic E-state index is -0.0744. The van der Waals surface area contributed by atoms with E-state index in [9.17, 15) is 0 Å². The quantitative estimate of drug-likeness (QED) is 0.315. The molecule has 0 unspecified atom stereocenters. The molecular weight excluding hydrogens is 407 g/mol. The highest BCUT2D eigenvalue weighted by atomic mass is 31.1. The third-order valence-electron chi connectivity index (χ3n) is 7.54. The average Bonchev–Trinajstić information content (AvgIpc) is 2.80. The lowest BCUT2D eigenvalue weighted by Crippen LogP contribution is -2.28. The number of anilines is 2. The molecule has 2 N–H and O–H groups in total. The molecule has 0 heterocycles. The molecule has 2 aromatic rings. The second kappa shape index (κ2) is 11.6. The summed E-state index contributed by atoms with van der Waals surface area (Å²) < 4.78 is 0. The Labute approximate surface area is 197 Å². The van der Waals surface area contributed by atoms with Crippen LogP contribution in [0.15, 0.2) is 36.4 Å². The van der Waals surface area contributed by atoms with Crippen LogP contribution in [0, 0.1) is 20.8 Å². The first kappa shape index (κ1) is 23.6. The number of para-hydroxylation sites is 1. The summed E-state index contributed by atoms with van der Waals surface area (Å²) in [6.07, 6.45) is 14.6. The molecule has 0 spiro atoms. The maximum Gasteiger partial charge on any atom is 0.0419 e. The van der Waals surface area contributed by atoms with Crippen LogP contribution in [0.1, 0.15) is 80.9 Å². The molecule has 0 radical (unpaired) electrons. The molecule has 0 saturated heterocycles. The number of aryl methyl sites for hydroxylation is 3. The van der Waals surface area contributed by atoms with E-state index in [1.54, 1.807) is 5.30 Å². The molecule has 2 aromatic carbocycles. The first-order valence-electron chi connectivity index (χ1n) is 13.1. The molecule has 0 amide bonds. The van der Waals surface area contributed by atoms with Crippen LogP contribution in [0.25, 0.3) is 0 Å². The van der Waals surface area contributed by atoms with Crippen LogP contribution in [-0.4, -0.2) is 24.4 Å². The smallest absolute Gasteiger partial charge is 0.0419 e. The summed E-state index contributed by atoms with van der Waals surface area (Å²) in [6.45, 7) is 8.52. The van der Waals surface area contributed by atoms with Crippen molar-refractivity contribution in [3.8, 4) is 0 Å². The van der Waals surface area contributed by atoms with E-state index in [0.717, 1.165) is 24.4 Å². The zero-order chi connectivity index (χ0) is 22.3. The lowest BCUT2D eigenvalue weighted by atomic mass is 9.99. The number of hydrogen-bond donors (Lipinski definition) is 2. The Kier molecular flexibility index (Phi) is 8.53. The van der Waals surface area contributed by atoms with E-state index in [1.807, 2.05) is 0 Å². The zero-order valence-electron chi connectivity index (χ0n) is 20.6. The van der Waals surface area contributed by atoms with Gasteiger partial charge in [-0.3, -0.25) is 0 Å². The van der Waals surface area contributed by atoms with E-state index in [0.29, 0.717) is 0 Å². The fraction of sp³-hybridized carbons (Fsp3) is 0.586. The third kappa shape index (κ3) is 5.88.